The molecule has 0 aromatic carbocycles. The van der Waals surface area contributed by atoms with Gasteiger partial charge in [-0.05, 0) is 0 Å². The zero-order valence-corrected chi connectivity index (χ0v) is 25.1. The number of aliphatic hydroxyl groups excluding tert-OH is 1. The Labute approximate surface area is 221 Å². The molecule has 2 aromatic heterocycles. The van der Waals surface area contributed by atoms with E-state index in [-0.39, 0.29) is 31.1 Å². The number of nitrogens with zero attached hydrogens (tertiary/aromatic N) is 3. The number of hydrogen-bond donors (Lipinski definition) is 2. The van der Waals surface area contributed by atoms with Crippen molar-refractivity contribution in [3.63, 3.8) is 0 Å². The fraction of sp³-hybridized carbons (Fsp3) is 0.778. The first-order valence-electron chi connectivity index (χ1n) is 14.3. The predicted octanol–water partition coefficient (Wildman–Crippen LogP) is 5.85. The van der Waals surface area contributed by atoms with Crippen molar-refractivity contribution in [2.45, 2.75) is 124 Å². The van der Waals surface area contributed by atoms with E-state index in [0.717, 1.165) is 19.9 Å². The fourth-order valence-corrected chi connectivity index (χ4v) is 16.9. The summed E-state index contributed by atoms with van der Waals surface area (Å²) < 4.78 is 24.4. The van der Waals surface area contributed by atoms with Crippen molar-refractivity contribution >= 4 is 36.1 Å². The summed E-state index contributed by atoms with van der Waals surface area (Å²) in [6.45, 7) is 4.44. The van der Waals surface area contributed by atoms with Gasteiger partial charge in [-0.2, -0.15) is 0 Å². The Bertz CT molecular complexity index is 926. The second-order valence-electron chi connectivity index (χ2n) is 10.6. The molecule has 0 amide bonds. The molecular weight excluding hydrogens is 563 g/mol. The standard InChI is InChI=1S/C11H12N4O4.2C8H17.Sn/c12-9-5-1-2-15(10(5)14-4-13-9)11-8(18)7(17)6(3-16)19-11;2*1-3-5-7-8-6-4-2;/h1-2,4,6-8,11,16H,3H2,(H2,12,13,14);2*1,3-8H2,2H3;/q-2;;;+2. The van der Waals surface area contributed by atoms with Gasteiger partial charge < -0.3 is 0 Å². The van der Waals surface area contributed by atoms with Gasteiger partial charge in [0.2, 0.25) is 0 Å². The van der Waals surface area contributed by atoms with E-state index < -0.39 is 19.2 Å². The summed E-state index contributed by atoms with van der Waals surface area (Å²) in [5, 5.41) is 11.0. The first kappa shape index (κ1) is 28.1. The molecule has 4 atom stereocenters. The number of aromatic nitrogens is 3. The van der Waals surface area contributed by atoms with Crippen LogP contribution in [0, 0.1) is 0 Å². The van der Waals surface area contributed by atoms with Gasteiger partial charge >= 0.3 is 222 Å². The van der Waals surface area contributed by atoms with Gasteiger partial charge in [0.25, 0.3) is 0 Å². The molecule has 0 aliphatic carbocycles. The zero-order chi connectivity index (χ0) is 25.4. The summed E-state index contributed by atoms with van der Waals surface area (Å²) in [5.74, 6) is 0.454. The molecule has 8 nitrogen and oxygen atoms in total. The van der Waals surface area contributed by atoms with Crippen LogP contribution in [0.5, 0.6) is 0 Å². The molecule has 0 bridgehead atoms. The third kappa shape index (κ3) is 6.54. The first-order valence-corrected chi connectivity index (χ1v) is 20.7. The van der Waals surface area contributed by atoms with Gasteiger partial charge in [0, 0.05) is 0 Å². The number of nitrogen functional groups attached to an aromatic ring is 1. The molecule has 4 rings (SSSR count). The van der Waals surface area contributed by atoms with E-state index in [1.165, 1.54) is 83.4 Å². The van der Waals surface area contributed by atoms with Gasteiger partial charge in [0.15, 0.2) is 0 Å². The molecular formula is C27H46N4O4Sn. The fourth-order valence-electron chi connectivity index (χ4n) is 5.78. The van der Waals surface area contributed by atoms with Crippen LogP contribution >= 0.6 is 0 Å². The molecule has 202 valence electrons. The molecule has 3 N–H and O–H groups in total. The second-order valence-corrected chi connectivity index (χ2v) is 20.0. The third-order valence-electron chi connectivity index (χ3n) is 7.80. The number of rotatable bonds is 16. The molecule has 36 heavy (non-hydrogen) atoms. The van der Waals surface area contributed by atoms with E-state index in [0.29, 0.717) is 5.82 Å². The number of nitrogens with two attached hydrogens (primary N) is 1. The number of anilines is 1. The first-order chi connectivity index (χ1) is 17.6. The quantitative estimate of drug-likeness (QED) is 0.182. The molecule has 0 spiro atoms. The molecule has 4 unspecified atom stereocenters. The Hall–Kier alpha value is -0.941. The summed E-state index contributed by atoms with van der Waals surface area (Å²) in [6.07, 6.45) is 17.5. The van der Waals surface area contributed by atoms with Gasteiger partial charge in [-0.3, -0.25) is 0 Å². The number of ether oxygens (including phenoxy) is 1. The molecule has 0 saturated carbocycles. The van der Waals surface area contributed by atoms with Gasteiger partial charge in [-0.1, -0.05) is 0 Å². The predicted molar refractivity (Wildman–Crippen MR) is 145 cm³/mol. The van der Waals surface area contributed by atoms with E-state index in [4.69, 9.17) is 16.6 Å². The van der Waals surface area contributed by atoms with Crippen molar-refractivity contribution in [2.24, 2.45) is 0 Å². The Balaban J connectivity index is 1.47. The monoisotopic (exact) mass is 610 g/mol. The second kappa shape index (κ2) is 13.7. The van der Waals surface area contributed by atoms with Crippen molar-refractivity contribution < 1.29 is 16.0 Å². The van der Waals surface area contributed by atoms with E-state index in [1.54, 1.807) is 0 Å². The zero-order valence-electron chi connectivity index (χ0n) is 22.2. The van der Waals surface area contributed by atoms with Crippen LogP contribution in [0.3, 0.4) is 0 Å². The maximum absolute atomic E-state index is 10.2. The third-order valence-corrected chi connectivity index (χ3v) is 18.2. The Kier molecular flexibility index (Phi) is 10.7. The number of fused-ring (bicyclic) bond motifs is 2. The Morgan fingerprint density at radius 2 is 1.50 bits per heavy atom. The Morgan fingerprint density at radius 1 is 0.889 bits per heavy atom. The van der Waals surface area contributed by atoms with Gasteiger partial charge in [-0.25, -0.2) is 0 Å². The number of unbranched alkanes of at least 4 members (excludes halogenated alkanes) is 10. The van der Waals surface area contributed by atoms with Crippen molar-refractivity contribution in [1.82, 2.24) is 14.5 Å². The van der Waals surface area contributed by atoms with E-state index in [1.807, 2.05) is 16.8 Å². The molecule has 4 heterocycles. The maximum atomic E-state index is 10.2. The molecule has 2 saturated heterocycles. The van der Waals surface area contributed by atoms with E-state index >= 15 is 0 Å². The summed E-state index contributed by atoms with van der Waals surface area (Å²) in [5.41, 5.74) is 6.81. The van der Waals surface area contributed by atoms with Crippen molar-refractivity contribution in [2.75, 3.05) is 12.3 Å². The van der Waals surface area contributed by atoms with Crippen LogP contribution in [0.2, 0.25) is 8.87 Å². The number of aliphatic hydroxyl groups is 1. The van der Waals surface area contributed by atoms with Crippen LogP contribution in [0.4, 0.5) is 5.82 Å². The van der Waals surface area contributed by atoms with Crippen LogP contribution in [-0.4, -0.2) is 63.8 Å². The Morgan fingerprint density at radius 3 is 2.14 bits per heavy atom. The molecule has 9 heteroatoms. The summed E-state index contributed by atoms with van der Waals surface area (Å²) in [7, 11) is 0. The van der Waals surface area contributed by atoms with Gasteiger partial charge in [0.05, 0.1) is 0 Å². The minimum absolute atomic E-state index is 0.0761. The van der Waals surface area contributed by atoms with Crippen LogP contribution in [0.1, 0.15) is 97.1 Å². The van der Waals surface area contributed by atoms with Crippen LogP contribution < -0.4 is 5.73 Å². The average Bonchev–Trinajstić information content (AvgIpc) is 3.56. The normalized spacial score (nSPS) is 25.1. The van der Waals surface area contributed by atoms with E-state index in [2.05, 4.69) is 23.8 Å². The summed E-state index contributed by atoms with van der Waals surface area (Å²) >= 11 is -3.34. The van der Waals surface area contributed by atoms with Crippen LogP contribution in [-0.2, 0) is 10.9 Å². The van der Waals surface area contributed by atoms with Crippen molar-refractivity contribution in [1.29, 1.82) is 0 Å². The molecule has 0 radical (unpaired) electrons. The van der Waals surface area contributed by atoms with Crippen LogP contribution in [0.25, 0.3) is 11.0 Å². The molecule has 2 fully saturated rings. The summed E-state index contributed by atoms with van der Waals surface area (Å²) in [6, 6.07) is 1.92. The molecule has 2 aliphatic rings. The summed E-state index contributed by atoms with van der Waals surface area (Å²) in [4.78, 5) is 8.58. The average molecular weight is 609 g/mol. The van der Waals surface area contributed by atoms with Crippen LogP contribution in [0.15, 0.2) is 18.6 Å². The minimum atomic E-state index is -3.34. The van der Waals surface area contributed by atoms with Crippen molar-refractivity contribution in [3.05, 3.63) is 18.6 Å². The van der Waals surface area contributed by atoms with E-state index in [9.17, 15) is 5.11 Å². The topological polar surface area (TPSA) is 105 Å². The molecule has 2 aromatic rings. The number of hydrogen-bond acceptors (Lipinski definition) is 7. The molecule has 2 aliphatic heterocycles. The SMILES string of the molecule is CCCCCCC[CH2][Sn]1([CH2]CCCCCCC)[O]C2C(CO)OC(n3ccc4c(N)ncnc43)C2[O]1. The van der Waals surface area contributed by atoms with Gasteiger partial charge in [0.1, 0.15) is 0 Å². The van der Waals surface area contributed by atoms with Gasteiger partial charge in [-0.15, -0.1) is 0 Å². The van der Waals surface area contributed by atoms with Crippen molar-refractivity contribution in [3.8, 4) is 0 Å².